The molecule has 0 aliphatic heterocycles. The van der Waals surface area contributed by atoms with Crippen molar-refractivity contribution in [2.24, 2.45) is 0 Å². The molecule has 0 atom stereocenters. The van der Waals surface area contributed by atoms with Crippen LogP contribution in [0.4, 0.5) is 11.6 Å². The van der Waals surface area contributed by atoms with Crippen LogP contribution in [0.25, 0.3) is 0 Å². The van der Waals surface area contributed by atoms with Crippen molar-refractivity contribution in [3.8, 4) is 0 Å². The Hall–Kier alpha value is -1.36. The lowest BCUT2D eigenvalue weighted by Gasteiger charge is -2.35. The van der Waals surface area contributed by atoms with Crippen LogP contribution in [0.3, 0.4) is 0 Å². The van der Waals surface area contributed by atoms with E-state index in [4.69, 9.17) is 0 Å². The fourth-order valence-electron chi connectivity index (χ4n) is 1.91. The SMILES string of the molecule is CCCNc1cc(N(C)C(C)(C)CO)nc(C2CC2)n1. The monoisotopic (exact) mass is 278 g/mol. The number of aromatic nitrogens is 2. The van der Waals surface area contributed by atoms with Gasteiger partial charge in [-0.3, -0.25) is 0 Å². The lowest BCUT2D eigenvalue weighted by Crippen LogP contribution is -2.45. The fourth-order valence-corrected chi connectivity index (χ4v) is 1.91. The van der Waals surface area contributed by atoms with Crippen molar-refractivity contribution in [3.63, 3.8) is 0 Å². The largest absolute Gasteiger partial charge is 0.394 e. The average Bonchev–Trinajstić information content (AvgIpc) is 3.28. The van der Waals surface area contributed by atoms with Gasteiger partial charge in [-0.2, -0.15) is 0 Å². The highest BCUT2D eigenvalue weighted by molar-refractivity contribution is 5.51. The predicted molar refractivity (Wildman–Crippen MR) is 82.4 cm³/mol. The molecule has 0 aromatic carbocycles. The highest BCUT2D eigenvalue weighted by Gasteiger charge is 2.29. The minimum Gasteiger partial charge on any atom is -0.394 e. The summed E-state index contributed by atoms with van der Waals surface area (Å²) in [4.78, 5) is 11.3. The minimum absolute atomic E-state index is 0.0873. The van der Waals surface area contributed by atoms with Crippen molar-refractivity contribution >= 4 is 11.6 Å². The Morgan fingerprint density at radius 3 is 2.65 bits per heavy atom. The van der Waals surface area contributed by atoms with E-state index in [-0.39, 0.29) is 12.1 Å². The molecular formula is C15H26N4O. The third kappa shape index (κ3) is 3.39. The van der Waals surface area contributed by atoms with Crippen LogP contribution in [0.2, 0.25) is 0 Å². The van der Waals surface area contributed by atoms with E-state index in [0.29, 0.717) is 5.92 Å². The molecule has 112 valence electrons. The van der Waals surface area contributed by atoms with Crippen LogP contribution >= 0.6 is 0 Å². The summed E-state index contributed by atoms with van der Waals surface area (Å²) in [6.45, 7) is 7.14. The van der Waals surface area contributed by atoms with Crippen LogP contribution in [-0.2, 0) is 0 Å². The van der Waals surface area contributed by atoms with Crippen molar-refractivity contribution in [2.45, 2.75) is 51.5 Å². The highest BCUT2D eigenvalue weighted by Crippen LogP contribution is 2.39. The number of hydrogen-bond acceptors (Lipinski definition) is 5. The maximum absolute atomic E-state index is 9.53. The topological polar surface area (TPSA) is 61.3 Å². The summed E-state index contributed by atoms with van der Waals surface area (Å²) in [5, 5.41) is 12.9. The zero-order valence-electron chi connectivity index (χ0n) is 13.0. The fraction of sp³-hybridized carbons (Fsp3) is 0.733. The Morgan fingerprint density at radius 1 is 1.40 bits per heavy atom. The van der Waals surface area contributed by atoms with Gasteiger partial charge in [-0.1, -0.05) is 6.92 Å². The number of aliphatic hydroxyl groups is 1. The summed E-state index contributed by atoms with van der Waals surface area (Å²) in [6.07, 6.45) is 3.43. The summed E-state index contributed by atoms with van der Waals surface area (Å²) >= 11 is 0. The summed E-state index contributed by atoms with van der Waals surface area (Å²) in [5.74, 6) is 3.21. The van der Waals surface area contributed by atoms with Gasteiger partial charge in [0, 0.05) is 25.6 Å². The molecule has 0 unspecified atom stereocenters. The molecule has 0 amide bonds. The smallest absolute Gasteiger partial charge is 0.136 e. The van der Waals surface area contributed by atoms with Gasteiger partial charge in [0.2, 0.25) is 0 Å². The number of rotatable bonds is 7. The Labute approximate surface area is 121 Å². The van der Waals surface area contributed by atoms with E-state index in [1.807, 2.05) is 31.9 Å². The second kappa shape index (κ2) is 5.95. The molecule has 1 heterocycles. The van der Waals surface area contributed by atoms with E-state index in [0.717, 1.165) is 30.4 Å². The molecule has 0 bridgehead atoms. The highest BCUT2D eigenvalue weighted by atomic mass is 16.3. The number of aliphatic hydroxyl groups excluding tert-OH is 1. The molecule has 20 heavy (non-hydrogen) atoms. The number of anilines is 2. The first-order chi connectivity index (χ1) is 9.47. The Morgan fingerprint density at radius 2 is 2.10 bits per heavy atom. The van der Waals surface area contributed by atoms with Gasteiger partial charge in [-0.25, -0.2) is 9.97 Å². The Balaban J connectivity index is 2.28. The maximum atomic E-state index is 9.53. The molecule has 0 radical (unpaired) electrons. The summed E-state index contributed by atoms with van der Waals surface area (Å²) in [5.41, 5.74) is -0.336. The second-order valence-corrected chi connectivity index (χ2v) is 6.20. The van der Waals surface area contributed by atoms with E-state index in [2.05, 4.69) is 22.2 Å². The molecule has 1 aliphatic rings. The van der Waals surface area contributed by atoms with Crippen LogP contribution in [0.5, 0.6) is 0 Å². The third-order valence-corrected chi connectivity index (χ3v) is 3.87. The second-order valence-electron chi connectivity index (χ2n) is 6.20. The number of nitrogens with zero attached hydrogens (tertiary/aromatic N) is 3. The van der Waals surface area contributed by atoms with Gasteiger partial charge in [0.15, 0.2) is 0 Å². The third-order valence-electron chi connectivity index (χ3n) is 3.87. The summed E-state index contributed by atoms with van der Waals surface area (Å²) in [7, 11) is 1.97. The average molecular weight is 278 g/mol. The zero-order valence-corrected chi connectivity index (χ0v) is 13.0. The molecule has 5 heteroatoms. The molecule has 0 spiro atoms. The Kier molecular flexibility index (Phi) is 4.48. The number of hydrogen-bond donors (Lipinski definition) is 2. The minimum atomic E-state index is -0.336. The zero-order chi connectivity index (χ0) is 14.8. The molecule has 1 fully saturated rings. The lowest BCUT2D eigenvalue weighted by molar-refractivity contribution is 0.215. The number of nitrogens with one attached hydrogen (secondary N) is 1. The van der Waals surface area contributed by atoms with Gasteiger partial charge in [-0.15, -0.1) is 0 Å². The predicted octanol–water partition coefficient (Wildman–Crippen LogP) is 2.38. The van der Waals surface area contributed by atoms with Crippen molar-refractivity contribution in [1.29, 1.82) is 0 Å². The Bertz CT molecular complexity index is 457. The van der Waals surface area contributed by atoms with E-state index in [1.54, 1.807) is 0 Å². The molecule has 1 aliphatic carbocycles. The standard InChI is InChI=1S/C15H26N4O/c1-5-8-16-12-9-13(19(4)15(2,3)10-20)18-14(17-12)11-6-7-11/h9,11,20H,5-8,10H2,1-4H3,(H,16,17,18). The summed E-state index contributed by atoms with van der Waals surface area (Å²) < 4.78 is 0. The van der Waals surface area contributed by atoms with E-state index in [1.165, 1.54) is 12.8 Å². The molecule has 2 rings (SSSR count). The maximum Gasteiger partial charge on any atom is 0.136 e. The molecular weight excluding hydrogens is 252 g/mol. The molecule has 1 saturated carbocycles. The first-order valence-corrected chi connectivity index (χ1v) is 7.45. The van der Waals surface area contributed by atoms with Crippen LogP contribution in [0.15, 0.2) is 6.07 Å². The van der Waals surface area contributed by atoms with E-state index in [9.17, 15) is 5.11 Å². The molecule has 2 N–H and O–H groups in total. The van der Waals surface area contributed by atoms with Crippen LogP contribution < -0.4 is 10.2 Å². The molecule has 5 nitrogen and oxygen atoms in total. The van der Waals surface area contributed by atoms with Crippen molar-refractivity contribution in [2.75, 3.05) is 30.4 Å². The molecule has 1 aromatic heterocycles. The van der Waals surface area contributed by atoms with Gasteiger partial charge in [-0.05, 0) is 33.1 Å². The van der Waals surface area contributed by atoms with Crippen molar-refractivity contribution < 1.29 is 5.11 Å². The first kappa shape index (κ1) is 15.0. The van der Waals surface area contributed by atoms with E-state index < -0.39 is 0 Å². The molecule has 0 saturated heterocycles. The van der Waals surface area contributed by atoms with Crippen LogP contribution in [-0.4, -0.2) is 40.8 Å². The first-order valence-electron chi connectivity index (χ1n) is 7.45. The molecule has 1 aromatic rings. The van der Waals surface area contributed by atoms with Gasteiger partial charge in [0.25, 0.3) is 0 Å². The summed E-state index contributed by atoms with van der Waals surface area (Å²) in [6, 6.07) is 1.97. The van der Waals surface area contributed by atoms with Crippen molar-refractivity contribution in [1.82, 2.24) is 9.97 Å². The quantitative estimate of drug-likeness (QED) is 0.802. The van der Waals surface area contributed by atoms with Gasteiger partial charge < -0.3 is 15.3 Å². The number of likely N-dealkylation sites (N-methyl/N-ethyl adjacent to an activating group) is 1. The van der Waals surface area contributed by atoms with Gasteiger partial charge >= 0.3 is 0 Å². The van der Waals surface area contributed by atoms with E-state index >= 15 is 0 Å². The lowest BCUT2D eigenvalue weighted by atomic mass is 10.1. The van der Waals surface area contributed by atoms with Gasteiger partial charge in [0.1, 0.15) is 17.5 Å². The van der Waals surface area contributed by atoms with Crippen LogP contribution in [0.1, 0.15) is 51.8 Å². The van der Waals surface area contributed by atoms with Crippen LogP contribution in [0, 0.1) is 0 Å². The van der Waals surface area contributed by atoms with Crippen molar-refractivity contribution in [3.05, 3.63) is 11.9 Å². The van der Waals surface area contributed by atoms with Gasteiger partial charge in [0.05, 0.1) is 12.1 Å². The normalized spacial score (nSPS) is 15.2.